The van der Waals surface area contributed by atoms with E-state index in [-0.39, 0.29) is 18.7 Å². The van der Waals surface area contributed by atoms with Crippen LogP contribution in [0.25, 0.3) is 10.2 Å². The zero-order valence-electron chi connectivity index (χ0n) is 11.6. The van der Waals surface area contributed by atoms with Gasteiger partial charge in [-0.1, -0.05) is 6.92 Å². The summed E-state index contributed by atoms with van der Waals surface area (Å²) in [6.07, 6.45) is 1.83. The Morgan fingerprint density at radius 2 is 2.29 bits per heavy atom. The van der Waals surface area contributed by atoms with Gasteiger partial charge in [0.05, 0.1) is 24.5 Å². The second-order valence-corrected chi connectivity index (χ2v) is 6.19. The van der Waals surface area contributed by atoms with Crippen molar-refractivity contribution in [2.45, 2.75) is 38.6 Å². The Morgan fingerprint density at radius 1 is 1.52 bits per heavy atom. The van der Waals surface area contributed by atoms with E-state index < -0.39 is 11.9 Å². The highest BCUT2D eigenvalue weighted by Crippen LogP contribution is 2.42. The van der Waals surface area contributed by atoms with Crippen molar-refractivity contribution in [3.05, 3.63) is 26.6 Å². The van der Waals surface area contributed by atoms with E-state index in [2.05, 4.69) is 4.98 Å². The summed E-state index contributed by atoms with van der Waals surface area (Å²) in [6.45, 7) is 1.95. The molecule has 0 spiro atoms. The maximum absolute atomic E-state index is 12.7. The molecule has 7 heteroatoms. The number of aliphatic hydroxyl groups excluding tert-OH is 1. The van der Waals surface area contributed by atoms with Crippen molar-refractivity contribution in [2.24, 2.45) is 0 Å². The average molecular weight is 308 g/mol. The Labute approximate surface area is 124 Å². The molecule has 2 aromatic heterocycles. The molecule has 6 nitrogen and oxygen atoms in total. The number of carbonyl (C=O) groups is 1. The number of fused-ring (bicyclic) bond motifs is 3. The van der Waals surface area contributed by atoms with Gasteiger partial charge in [0.15, 0.2) is 0 Å². The number of hydrogen-bond acceptors (Lipinski definition) is 5. The topological polar surface area (TPSA) is 92.4 Å². The molecule has 112 valence electrons. The Hall–Kier alpha value is -1.73. The molecule has 2 heterocycles. The highest BCUT2D eigenvalue weighted by molar-refractivity contribution is 7.18. The maximum Gasteiger partial charge on any atom is 0.311 e. The molecule has 0 amide bonds. The summed E-state index contributed by atoms with van der Waals surface area (Å²) in [6, 6.07) is 0. The van der Waals surface area contributed by atoms with Gasteiger partial charge in [-0.2, -0.15) is 0 Å². The van der Waals surface area contributed by atoms with Crippen LogP contribution in [-0.2, 0) is 24.2 Å². The van der Waals surface area contributed by atoms with Gasteiger partial charge >= 0.3 is 5.97 Å². The van der Waals surface area contributed by atoms with Gasteiger partial charge in [-0.15, -0.1) is 11.3 Å². The fourth-order valence-corrected chi connectivity index (χ4v) is 4.27. The minimum absolute atomic E-state index is 0.144. The van der Waals surface area contributed by atoms with Crippen LogP contribution in [0.5, 0.6) is 0 Å². The molecule has 1 aliphatic carbocycles. The standard InChI is InChI=1S/C14H16N2O4S/c1-2-9-15-12-11(13(18)16(9)5-6-17)10-7(14(19)20)3-4-8(10)21-12/h7,17H,2-6H2,1H3,(H,19,20). The Balaban J connectivity index is 2.32. The number of thiophene rings is 1. The van der Waals surface area contributed by atoms with Crippen LogP contribution in [0.1, 0.15) is 35.5 Å². The molecule has 3 rings (SSSR count). The smallest absolute Gasteiger partial charge is 0.311 e. The summed E-state index contributed by atoms with van der Waals surface area (Å²) >= 11 is 1.43. The minimum Gasteiger partial charge on any atom is -0.481 e. The lowest BCUT2D eigenvalue weighted by Gasteiger charge is -2.11. The number of carboxylic acid groups (broad SMARTS) is 1. The van der Waals surface area contributed by atoms with Crippen molar-refractivity contribution in [1.82, 2.24) is 9.55 Å². The van der Waals surface area contributed by atoms with Crippen LogP contribution in [0.2, 0.25) is 0 Å². The van der Waals surface area contributed by atoms with E-state index in [0.717, 1.165) is 4.88 Å². The van der Waals surface area contributed by atoms with Gasteiger partial charge in [0.25, 0.3) is 5.56 Å². The van der Waals surface area contributed by atoms with Crippen molar-refractivity contribution in [2.75, 3.05) is 6.61 Å². The summed E-state index contributed by atoms with van der Waals surface area (Å²) in [5.74, 6) is -0.868. The molecular weight excluding hydrogens is 292 g/mol. The van der Waals surface area contributed by atoms with Crippen molar-refractivity contribution >= 4 is 27.5 Å². The van der Waals surface area contributed by atoms with Crippen molar-refractivity contribution in [3.63, 3.8) is 0 Å². The Kier molecular flexibility index (Phi) is 3.54. The van der Waals surface area contributed by atoms with Crippen LogP contribution >= 0.6 is 11.3 Å². The molecule has 1 aliphatic rings. The first-order valence-corrected chi connectivity index (χ1v) is 7.78. The second-order valence-electron chi connectivity index (χ2n) is 5.11. The summed E-state index contributed by atoms with van der Waals surface area (Å²) < 4.78 is 1.46. The number of nitrogens with zero attached hydrogens (tertiary/aromatic N) is 2. The first-order valence-electron chi connectivity index (χ1n) is 6.97. The highest BCUT2D eigenvalue weighted by Gasteiger charge is 2.34. The molecule has 0 radical (unpaired) electrons. The highest BCUT2D eigenvalue weighted by atomic mass is 32.1. The summed E-state index contributed by atoms with van der Waals surface area (Å²) in [7, 11) is 0. The van der Waals surface area contributed by atoms with E-state index in [0.29, 0.717) is 40.9 Å². The SMILES string of the molecule is CCc1nc2sc3c(c2c(=O)n1CCO)C(C(=O)O)CC3. The predicted octanol–water partition coefficient (Wildman–Crippen LogP) is 1.13. The molecule has 21 heavy (non-hydrogen) atoms. The largest absolute Gasteiger partial charge is 0.481 e. The quantitative estimate of drug-likeness (QED) is 0.883. The summed E-state index contributed by atoms with van der Waals surface area (Å²) in [5, 5.41) is 18.9. The molecule has 0 bridgehead atoms. The van der Waals surface area contributed by atoms with E-state index in [1.54, 1.807) is 0 Å². The Morgan fingerprint density at radius 3 is 2.90 bits per heavy atom. The first-order chi connectivity index (χ1) is 10.1. The fraction of sp³-hybridized carbons (Fsp3) is 0.500. The molecule has 1 atom stereocenters. The maximum atomic E-state index is 12.7. The van der Waals surface area contributed by atoms with E-state index in [9.17, 15) is 14.7 Å². The number of rotatable bonds is 4. The van der Waals surface area contributed by atoms with E-state index in [1.807, 2.05) is 6.92 Å². The fourth-order valence-electron chi connectivity index (χ4n) is 3.01. The minimum atomic E-state index is -0.888. The molecule has 0 aliphatic heterocycles. The number of hydrogen-bond donors (Lipinski definition) is 2. The van der Waals surface area contributed by atoms with Gasteiger partial charge in [-0.25, -0.2) is 4.98 Å². The number of carboxylic acids is 1. The zero-order valence-corrected chi connectivity index (χ0v) is 12.4. The first kappa shape index (κ1) is 14.2. The second kappa shape index (κ2) is 5.23. The normalized spacial score (nSPS) is 17.3. The van der Waals surface area contributed by atoms with Gasteiger partial charge in [0.2, 0.25) is 0 Å². The number of aliphatic carboxylic acids is 1. The average Bonchev–Trinajstić information content (AvgIpc) is 2.99. The van der Waals surface area contributed by atoms with Crippen molar-refractivity contribution < 1.29 is 15.0 Å². The van der Waals surface area contributed by atoms with Gasteiger partial charge in [-0.05, 0) is 18.4 Å². The number of aromatic nitrogens is 2. The molecule has 0 fully saturated rings. The molecule has 2 N–H and O–H groups in total. The zero-order chi connectivity index (χ0) is 15.1. The molecule has 0 saturated carbocycles. The number of aryl methyl sites for hydroxylation is 2. The third-order valence-electron chi connectivity index (χ3n) is 3.95. The van der Waals surface area contributed by atoms with Gasteiger partial charge in [0.1, 0.15) is 10.7 Å². The third kappa shape index (κ3) is 2.08. The molecule has 0 aromatic carbocycles. The van der Waals surface area contributed by atoms with Crippen molar-refractivity contribution in [1.29, 1.82) is 0 Å². The van der Waals surface area contributed by atoms with Crippen LogP contribution in [0, 0.1) is 0 Å². The van der Waals surface area contributed by atoms with Gasteiger partial charge in [0, 0.05) is 11.3 Å². The van der Waals surface area contributed by atoms with E-state index in [1.165, 1.54) is 15.9 Å². The van der Waals surface area contributed by atoms with Crippen LogP contribution in [-0.4, -0.2) is 32.3 Å². The third-order valence-corrected chi connectivity index (χ3v) is 5.11. The molecule has 0 saturated heterocycles. The Bertz CT molecular complexity index is 777. The molecular formula is C14H16N2O4S. The van der Waals surface area contributed by atoms with Gasteiger partial charge < -0.3 is 10.2 Å². The van der Waals surface area contributed by atoms with Crippen LogP contribution in [0.4, 0.5) is 0 Å². The molecule has 1 unspecified atom stereocenters. The number of aliphatic hydroxyl groups is 1. The van der Waals surface area contributed by atoms with Crippen LogP contribution < -0.4 is 5.56 Å². The molecule has 2 aromatic rings. The van der Waals surface area contributed by atoms with E-state index >= 15 is 0 Å². The van der Waals surface area contributed by atoms with Crippen LogP contribution in [0.15, 0.2) is 4.79 Å². The monoisotopic (exact) mass is 308 g/mol. The van der Waals surface area contributed by atoms with Crippen molar-refractivity contribution in [3.8, 4) is 0 Å². The van der Waals surface area contributed by atoms with E-state index in [4.69, 9.17) is 5.11 Å². The lowest BCUT2D eigenvalue weighted by molar-refractivity contribution is -0.138. The lowest BCUT2D eigenvalue weighted by Crippen LogP contribution is -2.27. The predicted molar refractivity (Wildman–Crippen MR) is 79.0 cm³/mol. The summed E-state index contributed by atoms with van der Waals surface area (Å²) in [5.41, 5.74) is 0.422. The lowest BCUT2D eigenvalue weighted by atomic mass is 10.0. The summed E-state index contributed by atoms with van der Waals surface area (Å²) in [4.78, 5) is 30.2. The van der Waals surface area contributed by atoms with Crippen LogP contribution in [0.3, 0.4) is 0 Å². The van der Waals surface area contributed by atoms with Gasteiger partial charge in [-0.3, -0.25) is 14.2 Å².